The number of benzene rings is 2. The van der Waals surface area contributed by atoms with Crippen LogP contribution in [0.4, 0.5) is 15.9 Å². The fourth-order valence-electron chi connectivity index (χ4n) is 3.77. The zero-order valence-electron chi connectivity index (χ0n) is 15.1. The highest BCUT2D eigenvalue weighted by Crippen LogP contribution is 2.36. The van der Waals surface area contributed by atoms with Crippen molar-refractivity contribution in [2.45, 2.75) is 20.5 Å². The molecule has 7 heteroatoms. The number of anilines is 2. The zero-order chi connectivity index (χ0) is 18.5. The Morgan fingerprint density at radius 1 is 1.07 bits per heavy atom. The molecule has 0 unspecified atom stereocenters. The summed E-state index contributed by atoms with van der Waals surface area (Å²) in [4.78, 5) is 6.73. The third kappa shape index (κ3) is 2.39. The van der Waals surface area contributed by atoms with Gasteiger partial charge in [0.05, 0.1) is 24.1 Å². The van der Waals surface area contributed by atoms with Gasteiger partial charge in [-0.3, -0.25) is 4.40 Å². The van der Waals surface area contributed by atoms with Gasteiger partial charge in [-0.25, -0.2) is 4.39 Å². The van der Waals surface area contributed by atoms with Crippen molar-refractivity contribution in [2.24, 2.45) is 0 Å². The Hall–Kier alpha value is -3.06. The number of hydrogen-bond donors (Lipinski definition) is 0. The Bertz CT molecular complexity index is 1190. The summed E-state index contributed by atoms with van der Waals surface area (Å²) in [5.41, 5.74) is 3.93. The van der Waals surface area contributed by atoms with Gasteiger partial charge in [-0.2, -0.15) is 4.98 Å². The number of hydrogen-bond acceptors (Lipinski definition) is 5. The molecule has 1 aliphatic rings. The average molecular weight is 363 g/mol. The molecule has 0 amide bonds. The maximum atomic E-state index is 15.0. The number of rotatable bonds is 1. The first-order chi connectivity index (χ1) is 13.1. The molecule has 0 N–H and O–H groups in total. The first-order valence-electron chi connectivity index (χ1n) is 8.89. The SMILES string of the molecule is Cc1cccc2c1COCCN2c1nc2nnc(C)n2c2cccc(F)c12. The molecule has 0 spiro atoms. The van der Waals surface area contributed by atoms with Crippen LogP contribution in [0.2, 0.25) is 0 Å². The minimum absolute atomic E-state index is 0.315. The Morgan fingerprint density at radius 3 is 2.81 bits per heavy atom. The molecule has 6 nitrogen and oxygen atoms in total. The van der Waals surface area contributed by atoms with Gasteiger partial charge in [-0.1, -0.05) is 18.2 Å². The second-order valence-corrected chi connectivity index (χ2v) is 6.73. The number of aromatic nitrogens is 4. The van der Waals surface area contributed by atoms with Crippen LogP contribution in [0.25, 0.3) is 16.7 Å². The molecule has 0 fully saturated rings. The van der Waals surface area contributed by atoms with E-state index in [-0.39, 0.29) is 5.82 Å². The molecule has 0 atom stereocenters. The van der Waals surface area contributed by atoms with Gasteiger partial charge in [-0.05, 0) is 37.6 Å². The number of fused-ring (bicyclic) bond motifs is 4. The molecule has 0 bridgehead atoms. The van der Waals surface area contributed by atoms with Crippen LogP contribution >= 0.6 is 0 Å². The molecule has 0 radical (unpaired) electrons. The predicted molar refractivity (Wildman–Crippen MR) is 101 cm³/mol. The van der Waals surface area contributed by atoms with Crippen LogP contribution in [0.15, 0.2) is 36.4 Å². The average Bonchev–Trinajstić information content (AvgIpc) is 2.90. The Morgan fingerprint density at radius 2 is 1.93 bits per heavy atom. The minimum atomic E-state index is -0.315. The second kappa shape index (κ2) is 5.99. The summed E-state index contributed by atoms with van der Waals surface area (Å²) in [5.74, 6) is 1.36. The highest BCUT2D eigenvalue weighted by molar-refractivity contribution is 5.94. The van der Waals surface area contributed by atoms with Crippen molar-refractivity contribution in [3.05, 3.63) is 59.2 Å². The highest BCUT2D eigenvalue weighted by atomic mass is 19.1. The first-order valence-corrected chi connectivity index (χ1v) is 8.89. The maximum Gasteiger partial charge on any atom is 0.257 e. The van der Waals surface area contributed by atoms with Crippen LogP contribution in [-0.4, -0.2) is 32.7 Å². The lowest BCUT2D eigenvalue weighted by Gasteiger charge is -2.25. The minimum Gasteiger partial charge on any atom is -0.375 e. The van der Waals surface area contributed by atoms with E-state index >= 15 is 0 Å². The molecule has 27 heavy (non-hydrogen) atoms. The van der Waals surface area contributed by atoms with Gasteiger partial charge in [0.15, 0.2) is 0 Å². The molecular formula is C20H18FN5O. The van der Waals surface area contributed by atoms with Crippen LogP contribution in [0.3, 0.4) is 0 Å². The topological polar surface area (TPSA) is 55.5 Å². The van der Waals surface area contributed by atoms with Crippen molar-refractivity contribution in [3.63, 3.8) is 0 Å². The van der Waals surface area contributed by atoms with E-state index < -0.39 is 0 Å². The van der Waals surface area contributed by atoms with E-state index in [2.05, 4.69) is 23.2 Å². The largest absolute Gasteiger partial charge is 0.375 e. The molecule has 2 aromatic heterocycles. The van der Waals surface area contributed by atoms with Crippen LogP contribution < -0.4 is 4.90 Å². The standard InChI is InChI=1S/C20H18FN5O/c1-12-5-3-7-16-14(12)11-27-10-9-25(16)19-18-15(21)6-4-8-17(18)26-13(2)23-24-20(26)22-19/h3-8H,9-11H2,1-2H3. The number of aryl methyl sites for hydroxylation is 2. The lowest BCUT2D eigenvalue weighted by atomic mass is 10.1. The van der Waals surface area contributed by atoms with Gasteiger partial charge in [0.1, 0.15) is 17.5 Å². The molecule has 5 rings (SSSR count). The van der Waals surface area contributed by atoms with Crippen LogP contribution in [-0.2, 0) is 11.3 Å². The fraction of sp³-hybridized carbons (Fsp3) is 0.250. The molecule has 136 valence electrons. The number of nitrogens with zero attached hydrogens (tertiary/aromatic N) is 5. The van der Waals surface area contributed by atoms with E-state index in [1.165, 1.54) is 6.07 Å². The molecular weight excluding hydrogens is 345 g/mol. The summed E-state index contributed by atoms with van der Waals surface area (Å²) < 4.78 is 22.5. The zero-order valence-corrected chi connectivity index (χ0v) is 15.1. The van der Waals surface area contributed by atoms with Crippen molar-refractivity contribution < 1.29 is 9.13 Å². The number of halogens is 1. The van der Waals surface area contributed by atoms with Crippen molar-refractivity contribution in [1.82, 2.24) is 19.6 Å². The summed E-state index contributed by atoms with van der Waals surface area (Å²) in [6, 6.07) is 11.1. The molecule has 3 heterocycles. The van der Waals surface area contributed by atoms with Gasteiger partial charge in [0, 0.05) is 17.8 Å². The highest BCUT2D eigenvalue weighted by Gasteiger charge is 2.24. The van der Waals surface area contributed by atoms with E-state index in [0.717, 1.165) is 16.8 Å². The van der Waals surface area contributed by atoms with Crippen LogP contribution in [0.5, 0.6) is 0 Å². The Balaban J connectivity index is 1.87. The van der Waals surface area contributed by atoms with Crippen LogP contribution in [0, 0.1) is 19.7 Å². The van der Waals surface area contributed by atoms with Gasteiger partial charge >= 0.3 is 0 Å². The van der Waals surface area contributed by atoms with Gasteiger partial charge in [-0.15, -0.1) is 10.2 Å². The Kier molecular flexibility index (Phi) is 3.58. The monoisotopic (exact) mass is 363 g/mol. The van der Waals surface area contributed by atoms with Gasteiger partial charge in [0.2, 0.25) is 0 Å². The van der Waals surface area contributed by atoms with Crippen molar-refractivity contribution >= 4 is 28.2 Å². The third-order valence-corrected chi connectivity index (χ3v) is 5.11. The lowest BCUT2D eigenvalue weighted by molar-refractivity contribution is 0.133. The van der Waals surface area contributed by atoms with Crippen molar-refractivity contribution in [2.75, 3.05) is 18.1 Å². The lowest BCUT2D eigenvalue weighted by Crippen LogP contribution is -2.23. The number of ether oxygens (including phenoxy) is 1. The third-order valence-electron chi connectivity index (χ3n) is 5.11. The summed E-state index contributed by atoms with van der Waals surface area (Å²) in [5, 5.41) is 8.76. The summed E-state index contributed by atoms with van der Waals surface area (Å²) in [7, 11) is 0. The molecule has 0 aliphatic carbocycles. The maximum absolute atomic E-state index is 15.0. The first kappa shape index (κ1) is 16.1. The summed E-state index contributed by atoms with van der Waals surface area (Å²) >= 11 is 0. The van der Waals surface area contributed by atoms with E-state index in [0.29, 0.717) is 48.1 Å². The quantitative estimate of drug-likeness (QED) is 0.516. The smallest absolute Gasteiger partial charge is 0.257 e. The molecule has 1 aliphatic heterocycles. The van der Waals surface area contributed by atoms with Crippen molar-refractivity contribution in [1.29, 1.82) is 0 Å². The summed E-state index contributed by atoms with van der Waals surface area (Å²) in [6.45, 7) is 5.54. The Labute approximate surface area is 155 Å². The van der Waals surface area contributed by atoms with Gasteiger partial charge < -0.3 is 9.64 Å². The van der Waals surface area contributed by atoms with Crippen molar-refractivity contribution in [3.8, 4) is 0 Å². The predicted octanol–water partition coefficient (Wildman–Crippen LogP) is 3.70. The van der Waals surface area contributed by atoms with E-state index in [1.54, 1.807) is 10.5 Å². The van der Waals surface area contributed by atoms with E-state index in [9.17, 15) is 4.39 Å². The second-order valence-electron chi connectivity index (χ2n) is 6.73. The van der Waals surface area contributed by atoms with E-state index in [1.807, 2.05) is 30.0 Å². The summed E-state index contributed by atoms with van der Waals surface area (Å²) in [6.07, 6.45) is 0. The molecule has 0 saturated heterocycles. The molecule has 4 aromatic rings. The van der Waals surface area contributed by atoms with Gasteiger partial charge in [0.25, 0.3) is 5.78 Å². The van der Waals surface area contributed by atoms with E-state index in [4.69, 9.17) is 9.72 Å². The molecule has 2 aromatic carbocycles. The molecule has 0 saturated carbocycles. The fourth-order valence-corrected chi connectivity index (χ4v) is 3.77. The normalized spacial score (nSPS) is 14.6. The van der Waals surface area contributed by atoms with Crippen LogP contribution in [0.1, 0.15) is 17.0 Å².